The Kier molecular flexibility index (Phi) is 7.53. The van der Waals surface area contributed by atoms with E-state index in [0.717, 1.165) is 6.42 Å². The molecule has 0 rings (SSSR count). The molecule has 4 N–H and O–H groups in total. The van der Waals surface area contributed by atoms with Crippen molar-refractivity contribution in [2.75, 3.05) is 26.3 Å². The van der Waals surface area contributed by atoms with Gasteiger partial charge in [0, 0.05) is 13.1 Å². The lowest BCUT2D eigenvalue weighted by Crippen LogP contribution is -2.37. The summed E-state index contributed by atoms with van der Waals surface area (Å²) >= 11 is 0. The van der Waals surface area contributed by atoms with Crippen LogP contribution in [0.5, 0.6) is 0 Å². The van der Waals surface area contributed by atoms with Crippen molar-refractivity contribution in [2.45, 2.75) is 13.3 Å². The average molecular weight is 203 g/mol. The molecule has 0 saturated heterocycles. The normalized spacial score (nSPS) is 9.50. The van der Waals surface area contributed by atoms with E-state index in [2.05, 4.69) is 10.6 Å². The third kappa shape index (κ3) is 8.79. The van der Waals surface area contributed by atoms with Crippen LogP contribution < -0.4 is 16.4 Å². The number of hydrogen-bond acceptors (Lipinski definition) is 3. The summed E-state index contributed by atoms with van der Waals surface area (Å²) in [4.78, 5) is 21.2. The lowest BCUT2D eigenvalue weighted by molar-refractivity contribution is -0.122. The van der Waals surface area contributed by atoms with Crippen molar-refractivity contribution in [3.63, 3.8) is 0 Å². The third-order valence-electron chi connectivity index (χ3n) is 1.31. The second-order valence-electron chi connectivity index (χ2n) is 2.70. The summed E-state index contributed by atoms with van der Waals surface area (Å²) in [6.45, 7) is 3.15. The first-order chi connectivity index (χ1) is 6.66. The van der Waals surface area contributed by atoms with Gasteiger partial charge in [0.15, 0.2) is 0 Å². The van der Waals surface area contributed by atoms with Crippen LogP contribution in [-0.2, 0) is 9.53 Å². The zero-order chi connectivity index (χ0) is 10.8. The van der Waals surface area contributed by atoms with E-state index in [-0.39, 0.29) is 19.2 Å². The van der Waals surface area contributed by atoms with Crippen LogP contribution in [0.3, 0.4) is 0 Å². The lowest BCUT2D eigenvalue weighted by atomic mass is 10.5. The number of nitrogens with two attached hydrogens (primary N) is 1. The van der Waals surface area contributed by atoms with Crippen molar-refractivity contribution >= 4 is 11.9 Å². The predicted octanol–water partition coefficient (Wildman–Crippen LogP) is -0.802. The van der Waals surface area contributed by atoms with Gasteiger partial charge in [0.2, 0.25) is 5.91 Å². The molecule has 0 fully saturated rings. The number of carbonyl (C=O) groups is 2. The summed E-state index contributed by atoms with van der Waals surface area (Å²) in [5.41, 5.74) is 4.84. The molecule has 0 radical (unpaired) electrons. The standard InChI is InChI=1S/C8H17N3O3/c1-2-3-10-8(13)11-4-5-14-6-7(9)12/h2-6H2,1H3,(H2,9,12)(H2,10,11,13). The molecule has 0 unspecified atom stereocenters. The molecule has 6 nitrogen and oxygen atoms in total. The van der Waals surface area contributed by atoms with Crippen LogP contribution >= 0.6 is 0 Å². The fraction of sp³-hybridized carbons (Fsp3) is 0.750. The van der Waals surface area contributed by atoms with Crippen molar-refractivity contribution in [3.8, 4) is 0 Å². The van der Waals surface area contributed by atoms with Crippen LogP contribution in [0.2, 0.25) is 0 Å². The van der Waals surface area contributed by atoms with E-state index < -0.39 is 5.91 Å². The number of nitrogens with one attached hydrogen (secondary N) is 2. The van der Waals surface area contributed by atoms with Crippen LogP contribution in [-0.4, -0.2) is 38.2 Å². The number of hydrogen-bond donors (Lipinski definition) is 3. The van der Waals surface area contributed by atoms with Gasteiger partial charge in [-0.15, -0.1) is 0 Å². The Labute approximate surface area is 83.2 Å². The first-order valence-electron chi connectivity index (χ1n) is 4.54. The first kappa shape index (κ1) is 12.7. The number of amides is 3. The zero-order valence-electron chi connectivity index (χ0n) is 8.34. The minimum absolute atomic E-state index is 0.113. The Morgan fingerprint density at radius 3 is 2.50 bits per heavy atom. The monoisotopic (exact) mass is 203 g/mol. The molecule has 0 spiro atoms. The SMILES string of the molecule is CCCNC(=O)NCCOCC(N)=O. The molecule has 14 heavy (non-hydrogen) atoms. The Morgan fingerprint density at radius 2 is 1.93 bits per heavy atom. The van der Waals surface area contributed by atoms with E-state index in [9.17, 15) is 9.59 Å². The van der Waals surface area contributed by atoms with Crippen LogP contribution in [0.1, 0.15) is 13.3 Å². The van der Waals surface area contributed by atoms with Crippen molar-refractivity contribution in [1.29, 1.82) is 0 Å². The van der Waals surface area contributed by atoms with E-state index in [1.54, 1.807) is 0 Å². The summed E-state index contributed by atoms with van der Waals surface area (Å²) in [5.74, 6) is -0.513. The van der Waals surface area contributed by atoms with Gasteiger partial charge in [-0.1, -0.05) is 6.92 Å². The van der Waals surface area contributed by atoms with E-state index in [4.69, 9.17) is 10.5 Å². The molecule has 0 aromatic rings. The van der Waals surface area contributed by atoms with E-state index in [1.165, 1.54) is 0 Å². The molecule has 0 bridgehead atoms. The van der Waals surface area contributed by atoms with Crippen molar-refractivity contribution in [2.24, 2.45) is 5.73 Å². The Morgan fingerprint density at radius 1 is 1.29 bits per heavy atom. The van der Waals surface area contributed by atoms with Crippen LogP contribution in [0, 0.1) is 0 Å². The van der Waals surface area contributed by atoms with Crippen molar-refractivity contribution in [3.05, 3.63) is 0 Å². The number of ether oxygens (including phenoxy) is 1. The number of carbonyl (C=O) groups excluding carboxylic acids is 2. The molecule has 0 aliphatic carbocycles. The Balaban J connectivity index is 3.19. The summed E-state index contributed by atoms with van der Waals surface area (Å²) in [6.07, 6.45) is 0.894. The van der Waals surface area contributed by atoms with Crippen LogP contribution in [0.15, 0.2) is 0 Å². The molecule has 0 heterocycles. The first-order valence-corrected chi connectivity index (χ1v) is 4.54. The summed E-state index contributed by atoms with van der Waals surface area (Å²) < 4.78 is 4.83. The second kappa shape index (κ2) is 8.31. The number of urea groups is 1. The highest BCUT2D eigenvalue weighted by Crippen LogP contribution is 1.74. The zero-order valence-corrected chi connectivity index (χ0v) is 8.34. The smallest absolute Gasteiger partial charge is 0.314 e. The van der Waals surface area contributed by atoms with Gasteiger partial charge in [0.25, 0.3) is 0 Å². The largest absolute Gasteiger partial charge is 0.370 e. The second-order valence-corrected chi connectivity index (χ2v) is 2.70. The molecule has 0 aliphatic heterocycles. The van der Waals surface area contributed by atoms with Crippen molar-refractivity contribution < 1.29 is 14.3 Å². The summed E-state index contributed by atoms with van der Waals surface area (Å²) in [6, 6.07) is -0.227. The molecule has 0 atom stereocenters. The van der Waals surface area contributed by atoms with Gasteiger partial charge in [-0.25, -0.2) is 4.79 Å². The number of rotatable bonds is 7. The Bertz CT molecular complexity index is 185. The van der Waals surface area contributed by atoms with Crippen LogP contribution in [0.25, 0.3) is 0 Å². The minimum atomic E-state index is -0.513. The lowest BCUT2D eigenvalue weighted by Gasteiger charge is -2.06. The average Bonchev–Trinajstić information content (AvgIpc) is 2.13. The molecule has 0 aromatic carbocycles. The van der Waals surface area contributed by atoms with E-state index in [0.29, 0.717) is 13.1 Å². The van der Waals surface area contributed by atoms with Gasteiger partial charge in [-0.2, -0.15) is 0 Å². The summed E-state index contributed by atoms with van der Waals surface area (Å²) in [5, 5.41) is 5.20. The molecule has 6 heteroatoms. The number of primary amides is 1. The molecule has 0 aliphatic rings. The molecule has 0 saturated carbocycles. The molecule has 82 valence electrons. The minimum Gasteiger partial charge on any atom is -0.370 e. The Hall–Kier alpha value is -1.30. The predicted molar refractivity (Wildman–Crippen MR) is 51.7 cm³/mol. The van der Waals surface area contributed by atoms with Gasteiger partial charge in [-0.05, 0) is 6.42 Å². The molecular weight excluding hydrogens is 186 g/mol. The van der Waals surface area contributed by atoms with Crippen LogP contribution in [0.4, 0.5) is 4.79 Å². The highest BCUT2D eigenvalue weighted by atomic mass is 16.5. The van der Waals surface area contributed by atoms with Gasteiger partial charge in [-0.3, -0.25) is 4.79 Å². The van der Waals surface area contributed by atoms with E-state index >= 15 is 0 Å². The maximum Gasteiger partial charge on any atom is 0.314 e. The molecule has 3 amide bonds. The van der Waals surface area contributed by atoms with Gasteiger partial charge in [0.05, 0.1) is 6.61 Å². The summed E-state index contributed by atoms with van der Waals surface area (Å²) in [7, 11) is 0. The van der Waals surface area contributed by atoms with Gasteiger partial charge < -0.3 is 21.1 Å². The van der Waals surface area contributed by atoms with Gasteiger partial charge in [0.1, 0.15) is 6.61 Å². The maximum atomic E-state index is 10.9. The third-order valence-corrected chi connectivity index (χ3v) is 1.31. The molecular formula is C8H17N3O3. The fourth-order valence-corrected chi connectivity index (χ4v) is 0.711. The quantitative estimate of drug-likeness (QED) is 0.473. The van der Waals surface area contributed by atoms with Crippen molar-refractivity contribution in [1.82, 2.24) is 10.6 Å². The topological polar surface area (TPSA) is 93.4 Å². The highest BCUT2D eigenvalue weighted by molar-refractivity contribution is 5.75. The maximum absolute atomic E-state index is 10.9. The fourth-order valence-electron chi connectivity index (χ4n) is 0.711. The van der Waals surface area contributed by atoms with E-state index in [1.807, 2.05) is 6.92 Å². The molecule has 0 aromatic heterocycles. The van der Waals surface area contributed by atoms with Gasteiger partial charge >= 0.3 is 6.03 Å². The highest BCUT2D eigenvalue weighted by Gasteiger charge is 1.97.